The van der Waals surface area contributed by atoms with Crippen LogP contribution in [0.2, 0.25) is 0 Å². The molecule has 0 spiro atoms. The molecule has 1 aromatic carbocycles. The Balaban J connectivity index is 2.07. The van der Waals surface area contributed by atoms with Crippen molar-refractivity contribution in [3.05, 3.63) is 58.9 Å². The second-order valence-electron chi connectivity index (χ2n) is 5.40. The van der Waals surface area contributed by atoms with Crippen LogP contribution in [0.15, 0.2) is 36.7 Å². The fourth-order valence-electron chi connectivity index (χ4n) is 2.31. The molecule has 0 unspecified atom stereocenters. The van der Waals surface area contributed by atoms with Crippen molar-refractivity contribution in [3.63, 3.8) is 0 Å². The second-order valence-corrected chi connectivity index (χ2v) is 5.40. The number of ether oxygens (including phenoxy) is 1. The van der Waals surface area contributed by atoms with E-state index in [4.69, 9.17) is 4.74 Å². The standard InChI is InChI=1S/C18H24N2O/c1-4-8-19-12-17-7-5-6-15(3)18(17)21-13-16-9-14(2)10-20-11-16/h5-7,9-11,19H,4,8,12-13H2,1-3H3. The molecular formula is C18H24N2O. The van der Waals surface area contributed by atoms with Crippen LogP contribution in [-0.4, -0.2) is 11.5 Å². The van der Waals surface area contributed by atoms with E-state index in [1.807, 2.05) is 19.3 Å². The normalized spacial score (nSPS) is 10.6. The zero-order valence-corrected chi connectivity index (χ0v) is 13.1. The predicted molar refractivity (Wildman–Crippen MR) is 86.5 cm³/mol. The van der Waals surface area contributed by atoms with E-state index in [0.29, 0.717) is 6.61 Å². The first-order valence-electron chi connectivity index (χ1n) is 7.53. The Bertz CT molecular complexity index is 581. The maximum Gasteiger partial charge on any atom is 0.127 e. The van der Waals surface area contributed by atoms with Crippen LogP contribution >= 0.6 is 0 Å². The Morgan fingerprint density at radius 3 is 2.81 bits per heavy atom. The van der Waals surface area contributed by atoms with E-state index < -0.39 is 0 Å². The van der Waals surface area contributed by atoms with Crippen LogP contribution in [0.1, 0.15) is 35.6 Å². The van der Waals surface area contributed by atoms with Gasteiger partial charge in [0.2, 0.25) is 0 Å². The van der Waals surface area contributed by atoms with E-state index in [0.717, 1.165) is 36.4 Å². The lowest BCUT2D eigenvalue weighted by Gasteiger charge is -2.15. The van der Waals surface area contributed by atoms with Crippen LogP contribution in [0.25, 0.3) is 0 Å². The third-order valence-electron chi connectivity index (χ3n) is 3.35. The van der Waals surface area contributed by atoms with Gasteiger partial charge in [0.15, 0.2) is 0 Å². The molecular weight excluding hydrogens is 260 g/mol. The Morgan fingerprint density at radius 1 is 1.19 bits per heavy atom. The van der Waals surface area contributed by atoms with Gasteiger partial charge < -0.3 is 10.1 Å². The molecule has 3 nitrogen and oxygen atoms in total. The van der Waals surface area contributed by atoms with E-state index in [1.54, 1.807) is 0 Å². The molecule has 0 aliphatic rings. The number of aromatic nitrogens is 1. The Hall–Kier alpha value is -1.87. The molecule has 1 heterocycles. The summed E-state index contributed by atoms with van der Waals surface area (Å²) in [5, 5.41) is 3.43. The van der Waals surface area contributed by atoms with Gasteiger partial charge in [-0.3, -0.25) is 4.98 Å². The van der Waals surface area contributed by atoms with Crippen LogP contribution in [-0.2, 0) is 13.2 Å². The Morgan fingerprint density at radius 2 is 2.05 bits per heavy atom. The van der Waals surface area contributed by atoms with Crippen LogP contribution in [0.4, 0.5) is 0 Å². The molecule has 0 saturated heterocycles. The Labute approximate surface area is 127 Å². The van der Waals surface area contributed by atoms with Gasteiger partial charge in [-0.25, -0.2) is 0 Å². The van der Waals surface area contributed by atoms with Gasteiger partial charge in [-0.05, 0) is 44.0 Å². The molecule has 3 heteroatoms. The first-order valence-corrected chi connectivity index (χ1v) is 7.53. The van der Waals surface area contributed by atoms with Crippen molar-refractivity contribution in [1.82, 2.24) is 10.3 Å². The topological polar surface area (TPSA) is 34.1 Å². The van der Waals surface area contributed by atoms with Crippen molar-refractivity contribution in [2.24, 2.45) is 0 Å². The summed E-state index contributed by atoms with van der Waals surface area (Å²) >= 11 is 0. The number of hydrogen-bond donors (Lipinski definition) is 1. The number of pyridine rings is 1. The molecule has 0 saturated carbocycles. The number of hydrogen-bond acceptors (Lipinski definition) is 3. The zero-order valence-electron chi connectivity index (χ0n) is 13.1. The highest BCUT2D eigenvalue weighted by Gasteiger charge is 2.07. The third kappa shape index (κ3) is 4.57. The number of benzene rings is 1. The third-order valence-corrected chi connectivity index (χ3v) is 3.35. The fourth-order valence-corrected chi connectivity index (χ4v) is 2.31. The summed E-state index contributed by atoms with van der Waals surface area (Å²) in [6, 6.07) is 8.41. The van der Waals surface area contributed by atoms with Gasteiger partial charge in [0, 0.05) is 30.1 Å². The summed E-state index contributed by atoms with van der Waals surface area (Å²) in [6.07, 6.45) is 4.86. The smallest absolute Gasteiger partial charge is 0.127 e. The second kappa shape index (κ2) is 7.79. The molecule has 0 amide bonds. The molecule has 0 fully saturated rings. The number of nitrogens with one attached hydrogen (secondary N) is 1. The molecule has 21 heavy (non-hydrogen) atoms. The SMILES string of the molecule is CCCNCc1cccc(C)c1OCc1cncc(C)c1. The first kappa shape index (κ1) is 15.5. The lowest BCUT2D eigenvalue weighted by atomic mass is 10.1. The van der Waals surface area contributed by atoms with Crippen molar-refractivity contribution in [1.29, 1.82) is 0 Å². The minimum absolute atomic E-state index is 0.556. The average Bonchev–Trinajstić information content (AvgIpc) is 2.47. The van der Waals surface area contributed by atoms with Crippen LogP contribution < -0.4 is 10.1 Å². The Kier molecular flexibility index (Phi) is 5.76. The van der Waals surface area contributed by atoms with Gasteiger partial charge in [-0.15, -0.1) is 0 Å². The van der Waals surface area contributed by atoms with Gasteiger partial charge in [-0.1, -0.05) is 25.1 Å². The van der Waals surface area contributed by atoms with Crippen molar-refractivity contribution in [2.45, 2.75) is 40.3 Å². The zero-order chi connectivity index (χ0) is 15.1. The first-order chi connectivity index (χ1) is 10.2. The van der Waals surface area contributed by atoms with Gasteiger partial charge in [0.1, 0.15) is 12.4 Å². The van der Waals surface area contributed by atoms with Crippen molar-refractivity contribution in [2.75, 3.05) is 6.54 Å². The number of nitrogens with zero attached hydrogens (tertiary/aromatic N) is 1. The van der Waals surface area contributed by atoms with E-state index in [1.165, 1.54) is 11.1 Å². The van der Waals surface area contributed by atoms with E-state index in [9.17, 15) is 0 Å². The molecule has 2 aromatic rings. The molecule has 1 aromatic heterocycles. The summed E-state index contributed by atoms with van der Waals surface area (Å²) < 4.78 is 6.06. The maximum atomic E-state index is 6.06. The number of aryl methyl sites for hydroxylation is 2. The van der Waals surface area contributed by atoms with Crippen molar-refractivity contribution >= 4 is 0 Å². The van der Waals surface area contributed by atoms with E-state index >= 15 is 0 Å². The molecule has 2 rings (SSSR count). The lowest BCUT2D eigenvalue weighted by Crippen LogP contribution is -2.15. The van der Waals surface area contributed by atoms with Gasteiger partial charge in [0.25, 0.3) is 0 Å². The molecule has 0 radical (unpaired) electrons. The van der Waals surface area contributed by atoms with E-state index in [-0.39, 0.29) is 0 Å². The average molecular weight is 284 g/mol. The molecule has 0 aliphatic carbocycles. The summed E-state index contributed by atoms with van der Waals surface area (Å²) in [5.74, 6) is 0.989. The number of rotatable bonds is 7. The monoisotopic (exact) mass is 284 g/mol. The quantitative estimate of drug-likeness (QED) is 0.786. The maximum absolute atomic E-state index is 6.06. The molecule has 0 bridgehead atoms. The van der Waals surface area contributed by atoms with Gasteiger partial charge in [-0.2, -0.15) is 0 Å². The highest BCUT2D eigenvalue weighted by molar-refractivity contribution is 5.40. The van der Waals surface area contributed by atoms with Crippen molar-refractivity contribution < 1.29 is 4.74 Å². The van der Waals surface area contributed by atoms with E-state index in [2.05, 4.69) is 48.4 Å². The molecule has 0 atom stereocenters. The number of para-hydroxylation sites is 1. The predicted octanol–water partition coefficient (Wildman–Crippen LogP) is 3.78. The van der Waals surface area contributed by atoms with Crippen LogP contribution in [0.5, 0.6) is 5.75 Å². The highest BCUT2D eigenvalue weighted by Crippen LogP contribution is 2.24. The minimum atomic E-state index is 0.556. The summed E-state index contributed by atoms with van der Waals surface area (Å²) in [4.78, 5) is 4.21. The largest absolute Gasteiger partial charge is 0.488 e. The minimum Gasteiger partial charge on any atom is -0.488 e. The summed E-state index contributed by atoms with van der Waals surface area (Å²) in [6.45, 7) is 8.73. The summed E-state index contributed by atoms with van der Waals surface area (Å²) in [7, 11) is 0. The van der Waals surface area contributed by atoms with Gasteiger partial charge >= 0.3 is 0 Å². The fraction of sp³-hybridized carbons (Fsp3) is 0.389. The summed E-state index contributed by atoms with van der Waals surface area (Å²) in [5.41, 5.74) is 4.65. The van der Waals surface area contributed by atoms with Crippen molar-refractivity contribution in [3.8, 4) is 5.75 Å². The van der Waals surface area contributed by atoms with Crippen LogP contribution in [0, 0.1) is 13.8 Å². The lowest BCUT2D eigenvalue weighted by molar-refractivity contribution is 0.299. The van der Waals surface area contributed by atoms with Gasteiger partial charge in [0.05, 0.1) is 0 Å². The molecule has 112 valence electrons. The molecule has 0 aliphatic heterocycles. The highest BCUT2D eigenvalue weighted by atomic mass is 16.5. The van der Waals surface area contributed by atoms with Crippen LogP contribution in [0.3, 0.4) is 0 Å². The molecule has 1 N–H and O–H groups in total.